The third-order valence-corrected chi connectivity index (χ3v) is 1.72. The lowest BCUT2D eigenvalue weighted by atomic mass is 10.4. The van der Waals surface area contributed by atoms with E-state index in [0.29, 0.717) is 6.54 Å². The van der Waals surface area contributed by atoms with Crippen LogP contribution in [0.15, 0.2) is 0 Å². The molecule has 2 atom stereocenters. The van der Waals surface area contributed by atoms with Crippen LogP contribution in [-0.2, 0) is 4.79 Å². The summed E-state index contributed by atoms with van der Waals surface area (Å²) in [6.07, 6.45) is 1.11. The molecule has 1 saturated heterocycles. The SMILES string of the molecule is C[N+]1(O)CCCC1O.O=C[O-]. The van der Waals surface area contributed by atoms with Crippen LogP contribution in [0.3, 0.4) is 0 Å². The molecule has 0 bridgehead atoms. The summed E-state index contributed by atoms with van der Waals surface area (Å²) in [5.74, 6) is 0. The Labute approximate surface area is 65.0 Å². The monoisotopic (exact) mass is 163 g/mol. The summed E-state index contributed by atoms with van der Waals surface area (Å²) in [6, 6.07) is 0. The van der Waals surface area contributed by atoms with Gasteiger partial charge in [0.2, 0.25) is 6.23 Å². The third kappa shape index (κ3) is 3.31. The van der Waals surface area contributed by atoms with Crippen LogP contribution in [0.1, 0.15) is 12.8 Å². The van der Waals surface area contributed by atoms with Gasteiger partial charge < -0.3 is 15.0 Å². The molecule has 1 heterocycles. The number of quaternary nitrogens is 1. The van der Waals surface area contributed by atoms with Gasteiger partial charge in [-0.3, -0.25) is 0 Å². The number of carboxylic acid groups (broad SMARTS) is 1. The predicted octanol–water partition coefficient (Wildman–Crippen LogP) is -1.70. The van der Waals surface area contributed by atoms with Crippen LogP contribution >= 0.6 is 0 Å². The number of likely N-dealkylation sites (tertiary alicyclic amines) is 1. The molecule has 0 amide bonds. The van der Waals surface area contributed by atoms with E-state index in [1.165, 1.54) is 0 Å². The number of hydrogen-bond acceptors (Lipinski definition) is 4. The van der Waals surface area contributed by atoms with Crippen molar-refractivity contribution in [2.45, 2.75) is 19.1 Å². The molecule has 2 N–H and O–H groups in total. The maximum Gasteiger partial charge on any atom is 0.220 e. The molecule has 1 fully saturated rings. The zero-order valence-electron chi connectivity index (χ0n) is 6.43. The molecule has 0 saturated carbocycles. The van der Waals surface area contributed by atoms with Crippen molar-refractivity contribution in [1.82, 2.24) is 0 Å². The van der Waals surface area contributed by atoms with E-state index in [2.05, 4.69) is 0 Å². The molecule has 0 radical (unpaired) electrons. The Hall–Kier alpha value is -0.650. The van der Waals surface area contributed by atoms with Gasteiger partial charge >= 0.3 is 0 Å². The standard InChI is InChI=1S/C5H12NO2.CH2O2/c1-6(8)4-2-3-5(6)7;2-1-3/h5,7-8H,2-4H2,1H3;1H,(H,2,3)/q+1;/p-1. The number of rotatable bonds is 0. The zero-order valence-corrected chi connectivity index (χ0v) is 6.43. The van der Waals surface area contributed by atoms with E-state index in [4.69, 9.17) is 20.2 Å². The second-order valence-corrected chi connectivity index (χ2v) is 2.66. The van der Waals surface area contributed by atoms with Gasteiger partial charge in [-0.15, -0.1) is 0 Å². The van der Waals surface area contributed by atoms with E-state index < -0.39 is 12.7 Å². The van der Waals surface area contributed by atoms with Gasteiger partial charge in [0.15, 0.2) is 0 Å². The van der Waals surface area contributed by atoms with Crippen molar-refractivity contribution in [3.8, 4) is 0 Å². The normalized spacial score (nSPS) is 35.7. The maximum absolute atomic E-state index is 9.15. The first-order chi connectivity index (χ1) is 5.04. The molecular weight excluding hydrogens is 150 g/mol. The number of carbonyl (C=O) groups is 1. The van der Waals surface area contributed by atoms with Crippen molar-refractivity contribution >= 4 is 6.47 Å². The van der Waals surface area contributed by atoms with E-state index in [9.17, 15) is 0 Å². The average Bonchev–Trinajstić information content (AvgIpc) is 2.14. The molecule has 1 rings (SSSR count). The Morgan fingerprint density at radius 1 is 1.73 bits per heavy atom. The minimum Gasteiger partial charge on any atom is -0.554 e. The summed E-state index contributed by atoms with van der Waals surface area (Å²) >= 11 is 0. The van der Waals surface area contributed by atoms with Crippen LogP contribution in [0, 0.1) is 0 Å². The highest BCUT2D eigenvalue weighted by Crippen LogP contribution is 2.18. The molecule has 2 unspecified atom stereocenters. The molecule has 0 aromatic carbocycles. The first-order valence-corrected chi connectivity index (χ1v) is 3.36. The minimum atomic E-state index is -0.546. The van der Waals surface area contributed by atoms with Crippen LogP contribution in [-0.4, -0.2) is 41.3 Å². The number of hydroxylamine groups is 3. The summed E-state index contributed by atoms with van der Waals surface area (Å²) in [5, 5.41) is 26.4. The van der Waals surface area contributed by atoms with Crippen molar-refractivity contribution in [3.63, 3.8) is 0 Å². The fraction of sp³-hybridized carbons (Fsp3) is 0.833. The summed E-state index contributed by atoms with van der Waals surface area (Å²) in [5.41, 5.74) is 0. The summed E-state index contributed by atoms with van der Waals surface area (Å²) < 4.78 is -0.208. The lowest BCUT2D eigenvalue weighted by molar-refractivity contribution is -1.11. The lowest BCUT2D eigenvalue weighted by Crippen LogP contribution is -2.44. The quantitative estimate of drug-likeness (QED) is 0.329. The van der Waals surface area contributed by atoms with E-state index in [0.717, 1.165) is 12.8 Å². The topological polar surface area (TPSA) is 80.6 Å². The zero-order chi connectivity index (χ0) is 8.91. The van der Waals surface area contributed by atoms with Crippen molar-refractivity contribution in [3.05, 3.63) is 0 Å². The number of aliphatic hydroxyl groups excluding tert-OH is 1. The van der Waals surface area contributed by atoms with Crippen molar-refractivity contribution in [2.24, 2.45) is 0 Å². The Bertz CT molecular complexity index is 126. The first kappa shape index (κ1) is 10.3. The second kappa shape index (κ2) is 4.27. The molecular formula is C6H13NO4. The molecule has 0 aromatic rings. The number of nitrogens with zero attached hydrogens (tertiary/aromatic N) is 1. The molecule has 5 heteroatoms. The highest BCUT2D eigenvalue weighted by Gasteiger charge is 2.35. The fourth-order valence-corrected chi connectivity index (χ4v) is 1.02. The maximum atomic E-state index is 9.15. The van der Waals surface area contributed by atoms with Gasteiger partial charge in [0, 0.05) is 19.3 Å². The highest BCUT2D eigenvalue weighted by atomic mass is 16.6. The molecule has 1 aliphatic rings. The van der Waals surface area contributed by atoms with E-state index >= 15 is 0 Å². The molecule has 66 valence electrons. The average molecular weight is 163 g/mol. The van der Waals surface area contributed by atoms with E-state index in [-0.39, 0.29) is 4.65 Å². The number of hydrogen-bond donors (Lipinski definition) is 2. The Kier molecular flexibility index (Phi) is 4.02. The van der Waals surface area contributed by atoms with E-state index in [1.54, 1.807) is 7.05 Å². The van der Waals surface area contributed by atoms with Crippen LogP contribution in [0.5, 0.6) is 0 Å². The van der Waals surface area contributed by atoms with Gasteiger partial charge in [-0.1, -0.05) is 0 Å². The Morgan fingerprint density at radius 3 is 2.27 bits per heavy atom. The van der Waals surface area contributed by atoms with Gasteiger partial charge in [0.25, 0.3) is 0 Å². The molecule has 0 aromatic heterocycles. The van der Waals surface area contributed by atoms with E-state index in [1.807, 2.05) is 0 Å². The number of carbonyl (C=O) groups excluding carboxylic acids is 1. The summed E-state index contributed by atoms with van der Waals surface area (Å²) in [4.78, 5) is 8.25. The van der Waals surface area contributed by atoms with Gasteiger partial charge in [-0.2, -0.15) is 4.65 Å². The van der Waals surface area contributed by atoms with Crippen LogP contribution < -0.4 is 5.11 Å². The highest BCUT2D eigenvalue weighted by molar-refractivity contribution is 5.29. The lowest BCUT2D eigenvalue weighted by Gasteiger charge is -2.22. The first-order valence-electron chi connectivity index (χ1n) is 3.36. The van der Waals surface area contributed by atoms with Gasteiger partial charge in [0.1, 0.15) is 13.6 Å². The Balaban J connectivity index is 0.000000292. The molecule has 5 nitrogen and oxygen atoms in total. The third-order valence-electron chi connectivity index (χ3n) is 1.72. The van der Waals surface area contributed by atoms with Gasteiger partial charge in [-0.05, 0) is 0 Å². The predicted molar refractivity (Wildman–Crippen MR) is 34.1 cm³/mol. The largest absolute Gasteiger partial charge is 0.554 e. The molecule has 0 spiro atoms. The van der Waals surface area contributed by atoms with Crippen LogP contribution in [0.2, 0.25) is 0 Å². The molecule has 11 heavy (non-hydrogen) atoms. The van der Waals surface area contributed by atoms with Gasteiger partial charge in [0.05, 0.1) is 0 Å². The van der Waals surface area contributed by atoms with Crippen molar-refractivity contribution < 1.29 is 24.9 Å². The van der Waals surface area contributed by atoms with Gasteiger partial charge in [-0.25, -0.2) is 5.21 Å². The minimum absolute atomic E-state index is 0.208. The molecule has 0 aliphatic carbocycles. The Morgan fingerprint density at radius 2 is 2.18 bits per heavy atom. The number of aliphatic hydroxyl groups is 1. The van der Waals surface area contributed by atoms with Crippen molar-refractivity contribution in [1.29, 1.82) is 0 Å². The molecule has 1 aliphatic heterocycles. The smallest absolute Gasteiger partial charge is 0.220 e. The summed E-state index contributed by atoms with van der Waals surface area (Å²) in [6.45, 7) is 0.182. The second-order valence-electron chi connectivity index (χ2n) is 2.66. The summed E-state index contributed by atoms with van der Waals surface area (Å²) in [7, 11) is 1.62. The van der Waals surface area contributed by atoms with Crippen molar-refractivity contribution in [2.75, 3.05) is 13.6 Å². The fourth-order valence-electron chi connectivity index (χ4n) is 1.02. The van der Waals surface area contributed by atoms with Crippen LogP contribution in [0.25, 0.3) is 0 Å². The van der Waals surface area contributed by atoms with Crippen LogP contribution in [0.4, 0.5) is 0 Å².